The van der Waals surface area contributed by atoms with Gasteiger partial charge in [0, 0.05) is 0 Å². The minimum Gasteiger partial charge on any atom is -0.396 e. The van der Waals surface area contributed by atoms with Crippen molar-refractivity contribution in [2.45, 2.75) is 6.92 Å². The highest BCUT2D eigenvalue weighted by Crippen LogP contribution is 2.14. The molecule has 4 heteroatoms. The predicted octanol–water partition coefficient (Wildman–Crippen LogP) is 2.03. The Bertz CT molecular complexity index is 301. The van der Waals surface area contributed by atoms with Gasteiger partial charge in [-0.1, -0.05) is 6.07 Å². The molecule has 0 aromatic heterocycles. The van der Waals surface area contributed by atoms with Crippen molar-refractivity contribution in [3.05, 3.63) is 29.6 Å². The molecule has 2 N–H and O–H groups in total. The van der Waals surface area contributed by atoms with Gasteiger partial charge in [0.15, 0.2) is 11.6 Å². The summed E-state index contributed by atoms with van der Waals surface area (Å²) in [7, 11) is 0. The van der Waals surface area contributed by atoms with E-state index in [0.717, 1.165) is 0 Å². The summed E-state index contributed by atoms with van der Waals surface area (Å²) in [6, 6.07) is 4.38. The van der Waals surface area contributed by atoms with E-state index in [4.69, 9.17) is 5.73 Å². The molecule has 1 aromatic carbocycles. The van der Waals surface area contributed by atoms with Crippen LogP contribution in [0.5, 0.6) is 0 Å². The van der Waals surface area contributed by atoms with Gasteiger partial charge in [0.25, 0.3) is 0 Å². The third-order valence-electron chi connectivity index (χ3n) is 1.41. The van der Waals surface area contributed by atoms with Crippen molar-refractivity contribution in [3.63, 3.8) is 0 Å². The number of benzene rings is 1. The molecule has 0 aliphatic carbocycles. The largest absolute Gasteiger partial charge is 0.396 e. The molecule has 0 aliphatic heterocycles. The van der Waals surface area contributed by atoms with E-state index in [-0.39, 0.29) is 29.4 Å². The van der Waals surface area contributed by atoms with E-state index in [1.807, 2.05) is 0 Å². The normalized spacial score (nSPS) is 8.83. The Hall–Kier alpha value is -1.09. The summed E-state index contributed by atoms with van der Waals surface area (Å²) in [4.78, 5) is 10.7. The molecule has 0 saturated heterocycles. The molecule has 12 heavy (non-hydrogen) atoms. The third kappa shape index (κ3) is 1.95. The van der Waals surface area contributed by atoms with Gasteiger partial charge in [0.1, 0.15) is 0 Å². The first-order valence-electron chi connectivity index (χ1n) is 3.18. The number of carbonyl (C=O) groups is 1. The van der Waals surface area contributed by atoms with Gasteiger partial charge in [-0.3, -0.25) is 4.79 Å². The number of rotatable bonds is 1. The fraction of sp³-hybridized carbons (Fsp3) is 0.125. The van der Waals surface area contributed by atoms with Crippen molar-refractivity contribution >= 4 is 23.9 Å². The molecule has 0 heterocycles. The molecule has 0 aliphatic rings. The molecule has 66 valence electrons. The molecule has 1 aromatic rings. The fourth-order valence-corrected chi connectivity index (χ4v) is 0.822. The molecule has 0 radical (unpaired) electrons. The molecular formula is C8H9ClFNO. The quantitative estimate of drug-likeness (QED) is 0.543. The molecule has 0 atom stereocenters. The van der Waals surface area contributed by atoms with Crippen LogP contribution in [0, 0.1) is 5.82 Å². The topological polar surface area (TPSA) is 43.1 Å². The van der Waals surface area contributed by atoms with Crippen molar-refractivity contribution in [3.8, 4) is 0 Å². The number of nitrogens with two attached hydrogens (primary N) is 1. The van der Waals surface area contributed by atoms with E-state index in [1.165, 1.54) is 19.1 Å². The Balaban J connectivity index is 0.00000121. The molecule has 2 nitrogen and oxygen atoms in total. The highest BCUT2D eigenvalue weighted by atomic mass is 35.5. The summed E-state index contributed by atoms with van der Waals surface area (Å²) >= 11 is 0. The van der Waals surface area contributed by atoms with Gasteiger partial charge in [-0.25, -0.2) is 4.39 Å². The highest BCUT2D eigenvalue weighted by Gasteiger charge is 2.07. The van der Waals surface area contributed by atoms with Crippen LogP contribution in [-0.2, 0) is 0 Å². The molecule has 0 bridgehead atoms. The van der Waals surface area contributed by atoms with Crippen LogP contribution in [0.1, 0.15) is 17.3 Å². The summed E-state index contributed by atoms with van der Waals surface area (Å²) in [5.41, 5.74) is 5.29. The minimum absolute atomic E-state index is 0. The first-order chi connectivity index (χ1) is 5.13. The maximum Gasteiger partial charge on any atom is 0.162 e. The second-order valence-corrected chi connectivity index (χ2v) is 2.26. The van der Waals surface area contributed by atoms with Crippen LogP contribution in [-0.4, -0.2) is 5.78 Å². The van der Waals surface area contributed by atoms with E-state index < -0.39 is 5.82 Å². The van der Waals surface area contributed by atoms with Gasteiger partial charge in [-0.2, -0.15) is 0 Å². The second-order valence-electron chi connectivity index (χ2n) is 2.26. The lowest BCUT2D eigenvalue weighted by molar-refractivity contribution is 0.101. The molecule has 1 rings (SSSR count). The fourth-order valence-electron chi connectivity index (χ4n) is 0.822. The summed E-state index contributed by atoms with van der Waals surface area (Å²) in [5, 5.41) is 0. The lowest BCUT2D eigenvalue weighted by atomic mass is 10.1. The van der Waals surface area contributed by atoms with Gasteiger partial charge >= 0.3 is 0 Å². The van der Waals surface area contributed by atoms with Crippen molar-refractivity contribution in [1.29, 1.82) is 0 Å². The summed E-state index contributed by atoms with van der Waals surface area (Å²) < 4.78 is 12.9. The zero-order valence-electron chi connectivity index (χ0n) is 6.50. The average molecular weight is 190 g/mol. The Labute approximate surface area is 76.0 Å². The van der Waals surface area contributed by atoms with E-state index in [0.29, 0.717) is 0 Å². The monoisotopic (exact) mass is 189 g/mol. The van der Waals surface area contributed by atoms with Gasteiger partial charge in [0.05, 0.1) is 11.3 Å². The van der Waals surface area contributed by atoms with Crippen molar-refractivity contribution in [2.24, 2.45) is 0 Å². The maximum absolute atomic E-state index is 12.9. The first-order valence-corrected chi connectivity index (χ1v) is 3.18. The smallest absolute Gasteiger partial charge is 0.162 e. The zero-order chi connectivity index (χ0) is 8.43. The maximum atomic E-state index is 12.9. The van der Waals surface area contributed by atoms with Crippen LogP contribution in [0.15, 0.2) is 18.2 Å². The number of Topliss-reactive ketones (excluding diaryl/α,β-unsaturated/α-hetero) is 1. The number of hydrogen-bond donors (Lipinski definition) is 1. The first kappa shape index (κ1) is 10.9. The van der Waals surface area contributed by atoms with Crippen LogP contribution in [0.2, 0.25) is 0 Å². The number of anilines is 1. The van der Waals surface area contributed by atoms with Crippen LogP contribution in [0.4, 0.5) is 10.1 Å². The molecule has 0 amide bonds. The zero-order valence-corrected chi connectivity index (χ0v) is 7.32. The van der Waals surface area contributed by atoms with Gasteiger partial charge in [0.2, 0.25) is 0 Å². The second kappa shape index (κ2) is 4.07. The number of carbonyl (C=O) groups excluding carboxylic acids is 1. The van der Waals surface area contributed by atoms with E-state index >= 15 is 0 Å². The van der Waals surface area contributed by atoms with Gasteiger partial charge in [-0.15, -0.1) is 12.4 Å². The lowest BCUT2D eigenvalue weighted by Crippen LogP contribution is -2.00. The number of hydrogen-bond acceptors (Lipinski definition) is 2. The summed E-state index contributed by atoms with van der Waals surface area (Å²) in [6.07, 6.45) is 0. The number of halogens is 2. The van der Waals surface area contributed by atoms with E-state index in [9.17, 15) is 9.18 Å². The van der Waals surface area contributed by atoms with Crippen LogP contribution in [0.3, 0.4) is 0 Å². The molecule has 0 saturated carbocycles. The number of ketones is 1. The third-order valence-corrected chi connectivity index (χ3v) is 1.41. The predicted molar refractivity (Wildman–Crippen MR) is 48.1 cm³/mol. The Morgan fingerprint density at radius 2 is 2.08 bits per heavy atom. The summed E-state index contributed by atoms with van der Waals surface area (Å²) in [6.45, 7) is 1.30. The van der Waals surface area contributed by atoms with E-state index in [1.54, 1.807) is 6.07 Å². The molecule has 0 fully saturated rings. The van der Waals surface area contributed by atoms with Crippen molar-refractivity contribution in [1.82, 2.24) is 0 Å². The lowest BCUT2D eigenvalue weighted by Gasteiger charge is -1.99. The van der Waals surface area contributed by atoms with Crippen LogP contribution < -0.4 is 5.73 Å². The SMILES string of the molecule is CC(=O)c1cccc(N)c1F.Cl. The molecule has 0 spiro atoms. The standard InChI is InChI=1S/C8H8FNO.ClH/c1-5(11)6-3-2-4-7(10)8(6)9;/h2-4H,10H2,1H3;1H. The highest BCUT2D eigenvalue weighted by molar-refractivity contribution is 5.95. The van der Waals surface area contributed by atoms with Crippen molar-refractivity contribution in [2.75, 3.05) is 5.73 Å². The Morgan fingerprint density at radius 1 is 1.50 bits per heavy atom. The Morgan fingerprint density at radius 3 is 2.50 bits per heavy atom. The molecular weight excluding hydrogens is 181 g/mol. The number of nitrogen functional groups attached to an aromatic ring is 1. The summed E-state index contributed by atoms with van der Waals surface area (Å²) in [5.74, 6) is -0.935. The van der Waals surface area contributed by atoms with Crippen LogP contribution >= 0.6 is 12.4 Å². The average Bonchev–Trinajstić information content (AvgIpc) is 1.94. The Kier molecular flexibility index (Phi) is 3.70. The van der Waals surface area contributed by atoms with Crippen LogP contribution in [0.25, 0.3) is 0 Å². The minimum atomic E-state index is -0.625. The van der Waals surface area contributed by atoms with Gasteiger partial charge < -0.3 is 5.73 Å². The van der Waals surface area contributed by atoms with Gasteiger partial charge in [-0.05, 0) is 19.1 Å². The van der Waals surface area contributed by atoms with Crippen molar-refractivity contribution < 1.29 is 9.18 Å². The molecule has 0 unspecified atom stereocenters. The van der Waals surface area contributed by atoms with E-state index in [2.05, 4.69) is 0 Å².